The molecule has 1 unspecified atom stereocenters. The van der Waals surface area contributed by atoms with E-state index in [4.69, 9.17) is 14.3 Å². The molecule has 0 radical (unpaired) electrons. The molecule has 1 aliphatic heterocycles. The molecule has 0 bridgehead atoms. The molecule has 7 nitrogen and oxygen atoms in total. The molecule has 0 aliphatic carbocycles. The van der Waals surface area contributed by atoms with Gasteiger partial charge in [0.25, 0.3) is 0 Å². The van der Waals surface area contributed by atoms with Gasteiger partial charge in [0, 0.05) is 30.7 Å². The first-order valence-corrected chi connectivity index (χ1v) is 10.3. The van der Waals surface area contributed by atoms with Crippen molar-refractivity contribution in [3.8, 4) is 22.9 Å². The average Bonchev–Trinajstić information content (AvgIpc) is 3.58. The highest BCUT2D eigenvalue weighted by Gasteiger charge is 2.35. The predicted octanol–water partition coefficient (Wildman–Crippen LogP) is 4.84. The van der Waals surface area contributed by atoms with Gasteiger partial charge in [0.05, 0.1) is 30.8 Å². The van der Waals surface area contributed by atoms with Crippen LogP contribution in [0.2, 0.25) is 0 Å². The van der Waals surface area contributed by atoms with Crippen LogP contribution in [-0.4, -0.2) is 33.5 Å². The van der Waals surface area contributed by atoms with Gasteiger partial charge in [-0.25, -0.2) is 9.69 Å². The molecule has 160 valence electrons. The van der Waals surface area contributed by atoms with Crippen LogP contribution in [0.15, 0.2) is 88.7 Å². The molecule has 1 amide bonds. The standard InChI is InChI=1S/C25H22N4O3/c1-17(30)29-23(15-22(26-29)18-8-6-11-20(14-18)31-2)21-16-28(19-9-4-3-5-10-19)27-25(21)24-12-7-13-32-24/h3-14,16,23H,15H2,1-2H3. The molecule has 1 aliphatic rings. The monoisotopic (exact) mass is 426 g/mol. The van der Waals surface area contributed by atoms with Crippen molar-refractivity contribution in [2.75, 3.05) is 7.11 Å². The quantitative estimate of drug-likeness (QED) is 0.458. The second-order valence-corrected chi connectivity index (χ2v) is 7.55. The number of aromatic nitrogens is 2. The van der Waals surface area contributed by atoms with Gasteiger partial charge >= 0.3 is 0 Å². The van der Waals surface area contributed by atoms with E-state index in [-0.39, 0.29) is 11.9 Å². The number of furan rings is 1. The summed E-state index contributed by atoms with van der Waals surface area (Å²) in [6.45, 7) is 1.53. The lowest BCUT2D eigenvalue weighted by molar-refractivity contribution is -0.130. The van der Waals surface area contributed by atoms with E-state index in [0.29, 0.717) is 17.9 Å². The first kappa shape index (κ1) is 19.8. The Morgan fingerprint density at radius 2 is 1.94 bits per heavy atom. The summed E-state index contributed by atoms with van der Waals surface area (Å²) in [5.41, 5.74) is 4.24. The minimum atomic E-state index is -0.300. The number of hydrazone groups is 1. The Morgan fingerprint density at radius 1 is 1.09 bits per heavy atom. The molecule has 4 aromatic rings. The normalized spacial score (nSPS) is 15.6. The average molecular weight is 426 g/mol. The molecule has 0 N–H and O–H groups in total. The molecule has 0 saturated heterocycles. The number of rotatable bonds is 5. The minimum Gasteiger partial charge on any atom is -0.497 e. The molecular formula is C25H22N4O3. The molecule has 2 aromatic heterocycles. The maximum absolute atomic E-state index is 12.5. The number of hydrogen-bond acceptors (Lipinski definition) is 5. The van der Waals surface area contributed by atoms with Crippen LogP contribution in [0.4, 0.5) is 0 Å². The van der Waals surface area contributed by atoms with Crippen LogP contribution in [0.1, 0.15) is 30.5 Å². The topological polar surface area (TPSA) is 72.9 Å². The molecule has 0 fully saturated rings. The van der Waals surface area contributed by atoms with Crippen molar-refractivity contribution in [1.29, 1.82) is 0 Å². The van der Waals surface area contributed by atoms with Gasteiger partial charge in [-0.15, -0.1) is 0 Å². The maximum Gasteiger partial charge on any atom is 0.240 e. The summed E-state index contributed by atoms with van der Waals surface area (Å²) in [6, 6.07) is 21.0. The van der Waals surface area contributed by atoms with E-state index < -0.39 is 0 Å². The molecule has 0 saturated carbocycles. The number of para-hydroxylation sites is 1. The Hall–Kier alpha value is -4.13. The maximum atomic E-state index is 12.5. The Kier molecular flexibility index (Phi) is 5.07. The van der Waals surface area contributed by atoms with Crippen molar-refractivity contribution < 1.29 is 13.9 Å². The summed E-state index contributed by atoms with van der Waals surface area (Å²) >= 11 is 0. The predicted molar refractivity (Wildman–Crippen MR) is 121 cm³/mol. The first-order chi connectivity index (χ1) is 15.6. The van der Waals surface area contributed by atoms with Crippen molar-refractivity contribution in [2.24, 2.45) is 5.10 Å². The Labute approximate surface area is 185 Å². The number of ether oxygens (including phenoxy) is 1. The van der Waals surface area contributed by atoms with Crippen molar-refractivity contribution >= 4 is 11.6 Å². The SMILES string of the molecule is COc1cccc(C2=NN(C(C)=O)C(c3cn(-c4ccccc4)nc3-c3ccco3)C2)c1. The van der Waals surface area contributed by atoms with E-state index in [0.717, 1.165) is 28.3 Å². The number of hydrogen-bond donors (Lipinski definition) is 0. The summed E-state index contributed by atoms with van der Waals surface area (Å²) in [5.74, 6) is 1.26. The summed E-state index contributed by atoms with van der Waals surface area (Å²) in [6.07, 6.45) is 4.13. The van der Waals surface area contributed by atoms with Crippen LogP contribution in [0, 0.1) is 0 Å². The van der Waals surface area contributed by atoms with Crippen molar-refractivity contribution in [3.05, 3.63) is 90.3 Å². The second-order valence-electron chi connectivity index (χ2n) is 7.55. The fraction of sp³-hybridized carbons (Fsp3) is 0.160. The van der Waals surface area contributed by atoms with Crippen LogP contribution >= 0.6 is 0 Å². The van der Waals surface area contributed by atoms with Crippen molar-refractivity contribution in [2.45, 2.75) is 19.4 Å². The highest BCUT2D eigenvalue weighted by Crippen LogP contribution is 2.38. The van der Waals surface area contributed by atoms with Gasteiger partial charge < -0.3 is 9.15 Å². The van der Waals surface area contributed by atoms with Gasteiger partial charge in [0.1, 0.15) is 11.4 Å². The number of carbonyl (C=O) groups is 1. The zero-order chi connectivity index (χ0) is 22.1. The van der Waals surface area contributed by atoms with Gasteiger partial charge in [-0.3, -0.25) is 4.79 Å². The van der Waals surface area contributed by atoms with Gasteiger partial charge in [0.15, 0.2) is 5.76 Å². The minimum absolute atomic E-state index is 0.134. The van der Waals surface area contributed by atoms with E-state index in [9.17, 15) is 4.79 Å². The summed E-state index contributed by atoms with van der Waals surface area (Å²) in [5, 5.41) is 11.0. The highest BCUT2D eigenvalue weighted by atomic mass is 16.5. The molecule has 5 rings (SSSR count). The third-order valence-corrected chi connectivity index (χ3v) is 5.51. The van der Waals surface area contributed by atoms with E-state index in [1.807, 2.05) is 77.6 Å². The Bertz CT molecular complexity index is 1280. The number of carbonyl (C=O) groups excluding carboxylic acids is 1. The van der Waals surface area contributed by atoms with Gasteiger partial charge in [-0.05, 0) is 36.4 Å². The van der Waals surface area contributed by atoms with Gasteiger partial charge in [-0.1, -0.05) is 30.3 Å². The van der Waals surface area contributed by atoms with Gasteiger partial charge in [-0.2, -0.15) is 10.2 Å². The second kappa shape index (κ2) is 8.19. The molecule has 2 aromatic carbocycles. The van der Waals surface area contributed by atoms with Crippen LogP contribution in [0.5, 0.6) is 5.75 Å². The lowest BCUT2D eigenvalue weighted by Crippen LogP contribution is -2.24. The Morgan fingerprint density at radius 3 is 2.66 bits per heavy atom. The lowest BCUT2D eigenvalue weighted by atomic mass is 9.98. The largest absolute Gasteiger partial charge is 0.497 e. The summed E-state index contributed by atoms with van der Waals surface area (Å²) in [4.78, 5) is 12.5. The van der Waals surface area contributed by atoms with Crippen LogP contribution in [0.3, 0.4) is 0 Å². The van der Waals surface area contributed by atoms with E-state index in [1.54, 1.807) is 13.4 Å². The third kappa shape index (κ3) is 3.58. The van der Waals surface area contributed by atoms with E-state index in [2.05, 4.69) is 5.10 Å². The van der Waals surface area contributed by atoms with Crippen molar-refractivity contribution in [3.63, 3.8) is 0 Å². The van der Waals surface area contributed by atoms with Crippen LogP contribution < -0.4 is 4.74 Å². The first-order valence-electron chi connectivity index (χ1n) is 10.3. The summed E-state index contributed by atoms with van der Waals surface area (Å²) in [7, 11) is 1.63. The van der Waals surface area contributed by atoms with E-state index in [1.165, 1.54) is 11.9 Å². The zero-order valence-corrected chi connectivity index (χ0v) is 17.8. The fourth-order valence-corrected chi connectivity index (χ4v) is 3.97. The highest BCUT2D eigenvalue weighted by molar-refractivity contribution is 6.03. The lowest BCUT2D eigenvalue weighted by Gasteiger charge is -2.19. The molecule has 1 atom stereocenters. The third-order valence-electron chi connectivity index (χ3n) is 5.51. The molecule has 0 spiro atoms. The van der Waals surface area contributed by atoms with Crippen molar-refractivity contribution in [1.82, 2.24) is 14.8 Å². The smallest absolute Gasteiger partial charge is 0.240 e. The number of amides is 1. The molecule has 32 heavy (non-hydrogen) atoms. The zero-order valence-electron chi connectivity index (χ0n) is 17.8. The van der Waals surface area contributed by atoms with Crippen LogP contribution in [0.25, 0.3) is 17.1 Å². The van der Waals surface area contributed by atoms with Crippen LogP contribution in [-0.2, 0) is 4.79 Å². The number of methoxy groups -OCH3 is 1. The number of nitrogens with zero attached hydrogens (tertiary/aromatic N) is 4. The summed E-state index contributed by atoms with van der Waals surface area (Å²) < 4.78 is 12.8. The fourth-order valence-electron chi connectivity index (χ4n) is 3.97. The Balaban J connectivity index is 1.58. The molecule has 3 heterocycles. The molecular weight excluding hydrogens is 404 g/mol. The molecule has 7 heteroatoms. The van der Waals surface area contributed by atoms with Gasteiger partial charge in [0.2, 0.25) is 5.91 Å². The number of benzene rings is 2. The van der Waals surface area contributed by atoms with E-state index >= 15 is 0 Å².